The van der Waals surface area contributed by atoms with Crippen LogP contribution in [-0.4, -0.2) is 41.7 Å². The van der Waals surface area contributed by atoms with E-state index in [1.165, 1.54) is 0 Å². The van der Waals surface area contributed by atoms with Crippen LogP contribution in [0.25, 0.3) is 0 Å². The van der Waals surface area contributed by atoms with Crippen LogP contribution in [0.2, 0.25) is 0 Å². The minimum atomic E-state index is -4.81. The number of rotatable bonds is 4. The average molecular weight is 244 g/mol. The summed E-state index contributed by atoms with van der Waals surface area (Å²) < 4.78 is 31.1. The molecular formula is C6H12O8S. The van der Waals surface area contributed by atoms with Crippen LogP contribution < -0.4 is 0 Å². The standard InChI is InChI=1S/C4H6O7S.C2H6O/c5-3(6)1-2-4(7)11-12(8,9)10;1-2-3/h1-2H2,(H,5,6)(H,8,9,10);3H,2H2,1H3. The molecule has 0 rings (SSSR count). The molecular weight excluding hydrogens is 232 g/mol. The third-order valence-corrected chi connectivity index (χ3v) is 1.14. The molecule has 0 saturated carbocycles. The third-order valence-electron chi connectivity index (χ3n) is 0.741. The largest absolute Gasteiger partial charge is 0.481 e. The number of aliphatic carboxylic acids is 1. The molecule has 3 N–H and O–H groups in total. The number of carbonyl (C=O) groups is 2. The highest BCUT2D eigenvalue weighted by Gasteiger charge is 2.13. The van der Waals surface area contributed by atoms with Crippen LogP contribution in [-0.2, 0) is 24.2 Å². The average Bonchev–Trinajstić information content (AvgIpc) is 1.99. The second kappa shape index (κ2) is 8.15. The molecule has 0 heterocycles. The number of aliphatic hydroxyl groups excluding tert-OH is 1. The summed E-state index contributed by atoms with van der Waals surface area (Å²) in [5, 5.41) is 15.6. The fourth-order valence-corrected chi connectivity index (χ4v) is 0.686. The Morgan fingerprint density at radius 3 is 1.93 bits per heavy atom. The van der Waals surface area contributed by atoms with E-state index in [4.69, 9.17) is 14.8 Å². The van der Waals surface area contributed by atoms with Gasteiger partial charge in [-0.05, 0) is 6.92 Å². The predicted octanol–water partition coefficient (Wildman–Crippen LogP) is -0.804. The van der Waals surface area contributed by atoms with Gasteiger partial charge in [0.05, 0.1) is 12.8 Å². The van der Waals surface area contributed by atoms with Crippen molar-refractivity contribution in [3.8, 4) is 0 Å². The lowest BCUT2D eigenvalue weighted by molar-refractivity contribution is -0.142. The number of carboxylic acids is 1. The van der Waals surface area contributed by atoms with Crippen LogP contribution in [0.5, 0.6) is 0 Å². The topological polar surface area (TPSA) is 138 Å². The minimum Gasteiger partial charge on any atom is -0.481 e. The Balaban J connectivity index is 0. The van der Waals surface area contributed by atoms with Crippen LogP contribution in [0.15, 0.2) is 0 Å². The summed E-state index contributed by atoms with van der Waals surface area (Å²) in [4.78, 5) is 20.2. The van der Waals surface area contributed by atoms with Gasteiger partial charge >= 0.3 is 22.3 Å². The molecule has 0 aliphatic heterocycles. The van der Waals surface area contributed by atoms with Gasteiger partial charge in [-0.2, -0.15) is 8.42 Å². The van der Waals surface area contributed by atoms with Gasteiger partial charge in [0.15, 0.2) is 0 Å². The Labute approximate surface area is 86.4 Å². The first kappa shape index (κ1) is 16.2. The summed E-state index contributed by atoms with van der Waals surface area (Å²) in [7, 11) is -4.81. The first-order chi connectivity index (χ1) is 6.72. The lowest BCUT2D eigenvalue weighted by Crippen LogP contribution is -2.12. The van der Waals surface area contributed by atoms with Crippen molar-refractivity contribution in [1.82, 2.24) is 0 Å². The van der Waals surface area contributed by atoms with E-state index in [9.17, 15) is 18.0 Å². The van der Waals surface area contributed by atoms with Gasteiger partial charge < -0.3 is 14.4 Å². The van der Waals surface area contributed by atoms with Crippen molar-refractivity contribution in [2.75, 3.05) is 6.61 Å². The SMILES string of the molecule is CCO.O=C(O)CCC(=O)OS(=O)(=O)O. The molecule has 0 unspecified atom stereocenters. The first-order valence-corrected chi connectivity index (χ1v) is 5.11. The van der Waals surface area contributed by atoms with Gasteiger partial charge in [-0.15, -0.1) is 0 Å². The Hall–Kier alpha value is -1.19. The van der Waals surface area contributed by atoms with Crippen molar-refractivity contribution in [3.63, 3.8) is 0 Å². The Bertz CT molecular complexity index is 292. The second-order valence-electron chi connectivity index (χ2n) is 2.09. The maximum absolute atomic E-state index is 10.3. The van der Waals surface area contributed by atoms with E-state index < -0.39 is 35.2 Å². The van der Waals surface area contributed by atoms with E-state index in [1.54, 1.807) is 6.92 Å². The van der Waals surface area contributed by atoms with Gasteiger partial charge in [0.25, 0.3) is 0 Å². The van der Waals surface area contributed by atoms with Crippen LogP contribution in [0.1, 0.15) is 19.8 Å². The van der Waals surface area contributed by atoms with Crippen LogP contribution in [0.4, 0.5) is 0 Å². The molecule has 0 aromatic rings. The molecule has 0 aliphatic rings. The predicted molar refractivity (Wildman–Crippen MR) is 47.3 cm³/mol. The van der Waals surface area contributed by atoms with Crippen molar-refractivity contribution in [3.05, 3.63) is 0 Å². The summed E-state index contributed by atoms with van der Waals surface area (Å²) in [5.41, 5.74) is 0. The fraction of sp³-hybridized carbons (Fsp3) is 0.667. The number of aliphatic hydroxyl groups is 1. The number of carboxylic acid groups (broad SMARTS) is 1. The van der Waals surface area contributed by atoms with Crippen molar-refractivity contribution in [2.45, 2.75) is 19.8 Å². The van der Waals surface area contributed by atoms with Gasteiger partial charge in [0.1, 0.15) is 0 Å². The molecule has 90 valence electrons. The molecule has 0 atom stereocenters. The molecule has 0 aromatic heterocycles. The van der Waals surface area contributed by atoms with Crippen LogP contribution in [0, 0.1) is 0 Å². The van der Waals surface area contributed by atoms with E-state index in [0.29, 0.717) is 0 Å². The molecule has 15 heavy (non-hydrogen) atoms. The number of carbonyl (C=O) groups excluding carboxylic acids is 1. The summed E-state index contributed by atoms with van der Waals surface area (Å²) in [5.74, 6) is -2.57. The second-order valence-corrected chi connectivity index (χ2v) is 3.12. The van der Waals surface area contributed by atoms with E-state index in [2.05, 4.69) is 4.18 Å². The van der Waals surface area contributed by atoms with Crippen LogP contribution in [0.3, 0.4) is 0 Å². The molecule has 0 fully saturated rings. The zero-order chi connectivity index (χ0) is 12.5. The van der Waals surface area contributed by atoms with Crippen LogP contribution >= 0.6 is 0 Å². The van der Waals surface area contributed by atoms with Gasteiger partial charge in [-0.3, -0.25) is 14.1 Å². The van der Waals surface area contributed by atoms with Gasteiger partial charge in [-0.25, -0.2) is 0 Å². The number of hydrogen-bond donors (Lipinski definition) is 3. The Kier molecular flexibility index (Phi) is 8.82. The monoisotopic (exact) mass is 244 g/mol. The van der Waals surface area contributed by atoms with Gasteiger partial charge in [0, 0.05) is 6.61 Å². The molecule has 0 spiro atoms. The highest BCUT2D eigenvalue weighted by atomic mass is 32.3. The smallest absolute Gasteiger partial charge is 0.448 e. The molecule has 8 nitrogen and oxygen atoms in total. The molecule has 9 heteroatoms. The highest BCUT2D eigenvalue weighted by molar-refractivity contribution is 7.81. The lowest BCUT2D eigenvalue weighted by atomic mass is 10.3. The first-order valence-electron chi connectivity index (χ1n) is 3.75. The normalized spacial score (nSPS) is 9.80. The lowest BCUT2D eigenvalue weighted by Gasteiger charge is -1.96. The zero-order valence-corrected chi connectivity index (χ0v) is 8.73. The van der Waals surface area contributed by atoms with Crippen molar-refractivity contribution in [1.29, 1.82) is 0 Å². The quantitative estimate of drug-likeness (QED) is 0.546. The maximum atomic E-state index is 10.3. The summed E-state index contributed by atoms with van der Waals surface area (Å²) in [6.07, 6.45) is -1.15. The molecule has 0 saturated heterocycles. The number of hydrogen-bond acceptors (Lipinski definition) is 6. The van der Waals surface area contributed by atoms with Crippen molar-refractivity contribution < 1.29 is 37.0 Å². The molecule has 0 aliphatic carbocycles. The minimum absolute atomic E-state index is 0.250. The van der Waals surface area contributed by atoms with E-state index in [-0.39, 0.29) is 6.61 Å². The summed E-state index contributed by atoms with van der Waals surface area (Å²) in [6, 6.07) is 0. The highest BCUT2D eigenvalue weighted by Crippen LogP contribution is 1.96. The summed E-state index contributed by atoms with van der Waals surface area (Å²) >= 11 is 0. The molecule has 0 radical (unpaired) electrons. The third kappa shape index (κ3) is 19.3. The van der Waals surface area contributed by atoms with E-state index in [0.717, 1.165) is 0 Å². The Morgan fingerprint density at radius 1 is 1.27 bits per heavy atom. The van der Waals surface area contributed by atoms with E-state index >= 15 is 0 Å². The molecule has 0 bridgehead atoms. The molecule has 0 amide bonds. The zero-order valence-electron chi connectivity index (χ0n) is 7.91. The van der Waals surface area contributed by atoms with Gasteiger partial charge in [-0.1, -0.05) is 0 Å². The Morgan fingerprint density at radius 2 is 1.67 bits per heavy atom. The van der Waals surface area contributed by atoms with E-state index in [1.807, 2.05) is 0 Å². The van der Waals surface area contributed by atoms with Gasteiger partial charge in [0.2, 0.25) is 0 Å². The van der Waals surface area contributed by atoms with Crippen molar-refractivity contribution in [2.24, 2.45) is 0 Å². The summed E-state index contributed by atoms with van der Waals surface area (Å²) in [6.45, 7) is 1.93. The van der Waals surface area contributed by atoms with Crippen molar-refractivity contribution >= 4 is 22.3 Å². The molecule has 0 aromatic carbocycles. The fourth-order valence-electron chi connectivity index (χ4n) is 0.368. The maximum Gasteiger partial charge on any atom is 0.448 e.